The Bertz CT molecular complexity index is 1250. The van der Waals surface area contributed by atoms with E-state index in [1.54, 1.807) is 26.0 Å². The maximum absolute atomic E-state index is 12.9. The number of nitrogens with zero attached hydrogens (tertiary/aromatic N) is 3. The van der Waals surface area contributed by atoms with Crippen LogP contribution in [0.4, 0.5) is 5.69 Å². The molecule has 1 aromatic heterocycles. The molecular formula is C31H40N4O4. The van der Waals surface area contributed by atoms with E-state index in [2.05, 4.69) is 18.4 Å². The highest BCUT2D eigenvalue weighted by Crippen LogP contribution is 2.37. The van der Waals surface area contributed by atoms with Crippen molar-refractivity contribution in [3.05, 3.63) is 71.5 Å². The van der Waals surface area contributed by atoms with E-state index < -0.39 is 0 Å². The van der Waals surface area contributed by atoms with E-state index in [4.69, 9.17) is 14.6 Å². The van der Waals surface area contributed by atoms with Crippen molar-refractivity contribution < 1.29 is 19.1 Å². The van der Waals surface area contributed by atoms with Crippen LogP contribution in [-0.2, 0) is 9.53 Å². The molecule has 208 valence electrons. The van der Waals surface area contributed by atoms with Gasteiger partial charge < -0.3 is 19.7 Å². The molecule has 1 aliphatic carbocycles. The van der Waals surface area contributed by atoms with Gasteiger partial charge in [-0.25, -0.2) is 4.68 Å². The number of ether oxygens (including phenoxy) is 2. The van der Waals surface area contributed by atoms with Gasteiger partial charge in [0, 0.05) is 37.1 Å². The normalized spacial score (nSPS) is 14.5. The molecule has 8 heteroatoms. The zero-order chi connectivity index (χ0) is 27.8. The predicted molar refractivity (Wildman–Crippen MR) is 152 cm³/mol. The van der Waals surface area contributed by atoms with Gasteiger partial charge in [-0.1, -0.05) is 25.3 Å². The quantitative estimate of drug-likeness (QED) is 0.307. The van der Waals surface area contributed by atoms with Crippen LogP contribution >= 0.6 is 0 Å². The highest BCUT2D eigenvalue weighted by Gasteiger charge is 2.29. The monoisotopic (exact) mass is 532 g/mol. The number of anilines is 1. The first-order valence-corrected chi connectivity index (χ1v) is 13.9. The summed E-state index contributed by atoms with van der Waals surface area (Å²) in [7, 11) is 3.37. The van der Waals surface area contributed by atoms with Gasteiger partial charge >= 0.3 is 5.97 Å². The maximum Gasteiger partial charge on any atom is 0.307 e. The molecule has 1 heterocycles. The molecule has 1 atom stereocenters. The topological polar surface area (TPSA) is 85.7 Å². The molecule has 2 aromatic carbocycles. The molecule has 0 spiro atoms. The third-order valence-corrected chi connectivity index (χ3v) is 7.43. The number of carbonyl (C=O) groups is 2. The molecule has 1 fully saturated rings. The summed E-state index contributed by atoms with van der Waals surface area (Å²) in [6.45, 7) is 4.55. The smallest absolute Gasteiger partial charge is 0.307 e. The number of amides is 1. The van der Waals surface area contributed by atoms with Gasteiger partial charge in [0.25, 0.3) is 5.91 Å². The zero-order valence-corrected chi connectivity index (χ0v) is 23.5. The number of rotatable bonds is 11. The van der Waals surface area contributed by atoms with Gasteiger partial charge in [0.2, 0.25) is 0 Å². The Morgan fingerprint density at radius 3 is 2.56 bits per heavy atom. The van der Waals surface area contributed by atoms with Crippen LogP contribution in [0.3, 0.4) is 0 Å². The fraction of sp³-hybridized carbons (Fsp3) is 0.452. The molecule has 0 saturated heterocycles. The second-order valence-corrected chi connectivity index (χ2v) is 10.2. The van der Waals surface area contributed by atoms with E-state index in [9.17, 15) is 9.59 Å². The summed E-state index contributed by atoms with van der Waals surface area (Å²) in [5.74, 6) is 0.851. The number of methoxy groups -OCH3 is 1. The summed E-state index contributed by atoms with van der Waals surface area (Å²) in [4.78, 5) is 26.1. The van der Waals surface area contributed by atoms with E-state index in [0.717, 1.165) is 41.2 Å². The average molecular weight is 533 g/mol. The average Bonchev–Trinajstić information content (AvgIpc) is 3.36. The lowest BCUT2D eigenvalue weighted by atomic mass is 9.82. The van der Waals surface area contributed by atoms with E-state index in [-0.39, 0.29) is 24.3 Å². The molecule has 1 amide bonds. The second-order valence-electron chi connectivity index (χ2n) is 10.2. The van der Waals surface area contributed by atoms with E-state index >= 15 is 0 Å². The lowest BCUT2D eigenvalue weighted by molar-refractivity contribution is -0.143. The summed E-state index contributed by atoms with van der Waals surface area (Å²) in [6, 6.07) is 15.6. The van der Waals surface area contributed by atoms with E-state index in [1.807, 2.05) is 53.2 Å². The van der Waals surface area contributed by atoms with Crippen molar-refractivity contribution in [2.24, 2.45) is 5.92 Å². The summed E-state index contributed by atoms with van der Waals surface area (Å²) < 4.78 is 12.3. The van der Waals surface area contributed by atoms with Crippen LogP contribution in [0, 0.1) is 12.8 Å². The first kappa shape index (κ1) is 28.2. The summed E-state index contributed by atoms with van der Waals surface area (Å²) in [6.07, 6.45) is 8.31. The number of aryl methyl sites for hydroxylation is 1. The molecule has 1 saturated carbocycles. The number of carbonyl (C=O) groups excluding carboxylic acids is 2. The van der Waals surface area contributed by atoms with Crippen molar-refractivity contribution in [3.8, 4) is 11.4 Å². The number of hydrogen-bond acceptors (Lipinski definition) is 6. The van der Waals surface area contributed by atoms with Crippen LogP contribution in [0.1, 0.15) is 73.1 Å². The Morgan fingerprint density at radius 1 is 1.13 bits per heavy atom. The van der Waals surface area contributed by atoms with Crippen LogP contribution in [0.25, 0.3) is 5.69 Å². The van der Waals surface area contributed by atoms with Crippen molar-refractivity contribution in [2.75, 3.05) is 32.6 Å². The summed E-state index contributed by atoms with van der Waals surface area (Å²) in [5.41, 5.74) is 4.67. The Hall–Kier alpha value is -3.81. The first-order chi connectivity index (χ1) is 18.9. The van der Waals surface area contributed by atoms with Crippen LogP contribution in [-0.4, -0.2) is 53.9 Å². The van der Waals surface area contributed by atoms with Crippen molar-refractivity contribution in [1.29, 1.82) is 0 Å². The van der Waals surface area contributed by atoms with Gasteiger partial charge in [0.15, 0.2) is 0 Å². The Balaban J connectivity index is 1.51. The number of benzene rings is 2. The Morgan fingerprint density at radius 2 is 1.87 bits per heavy atom. The minimum absolute atomic E-state index is 0.0611. The van der Waals surface area contributed by atoms with Gasteiger partial charge in [-0.2, -0.15) is 5.10 Å². The molecule has 0 radical (unpaired) electrons. The van der Waals surface area contributed by atoms with Gasteiger partial charge in [-0.05, 0) is 74.6 Å². The summed E-state index contributed by atoms with van der Waals surface area (Å²) >= 11 is 0. The van der Waals surface area contributed by atoms with Gasteiger partial charge in [-0.3, -0.25) is 9.59 Å². The van der Waals surface area contributed by atoms with Crippen LogP contribution in [0.15, 0.2) is 54.7 Å². The lowest BCUT2D eigenvalue weighted by Gasteiger charge is -2.31. The van der Waals surface area contributed by atoms with E-state index in [1.165, 1.54) is 19.3 Å². The minimum atomic E-state index is -0.297. The van der Waals surface area contributed by atoms with Crippen molar-refractivity contribution >= 4 is 17.6 Å². The van der Waals surface area contributed by atoms with Crippen molar-refractivity contribution in [1.82, 2.24) is 14.7 Å². The lowest BCUT2D eigenvalue weighted by Crippen LogP contribution is -2.29. The SMILES string of the molecule is CCOC(=O)CCN(C)C(=O)c1ccc(NC(c2nn(-c3cccc(OC)c3)cc2C)C2CCCCC2)cc1. The fourth-order valence-electron chi connectivity index (χ4n) is 5.25. The van der Waals surface area contributed by atoms with Gasteiger partial charge in [0.05, 0.1) is 37.6 Å². The molecule has 8 nitrogen and oxygen atoms in total. The molecule has 0 bridgehead atoms. The molecule has 1 N–H and O–H groups in total. The highest BCUT2D eigenvalue weighted by molar-refractivity contribution is 5.94. The number of nitrogens with one attached hydrogen (secondary N) is 1. The molecular weight excluding hydrogens is 492 g/mol. The third kappa shape index (κ3) is 7.19. The standard InChI is InChI=1S/C31H40N4O4/c1-5-39-28(36)18-19-34(3)31(37)24-14-16-25(17-15-24)32-30(23-10-7-6-8-11-23)29-22(2)21-35(33-29)26-12-9-13-27(20-26)38-4/h9,12-17,20-21,23,30,32H,5-8,10-11,18-19H2,1-4H3. The number of aromatic nitrogens is 2. The number of hydrogen-bond donors (Lipinski definition) is 1. The minimum Gasteiger partial charge on any atom is -0.497 e. The van der Waals surface area contributed by atoms with Crippen LogP contribution < -0.4 is 10.1 Å². The second kappa shape index (κ2) is 13.3. The predicted octanol–water partition coefficient (Wildman–Crippen LogP) is 5.95. The Labute approximate surface area is 231 Å². The van der Waals surface area contributed by atoms with Crippen LogP contribution in [0.2, 0.25) is 0 Å². The maximum atomic E-state index is 12.9. The fourth-order valence-corrected chi connectivity index (χ4v) is 5.25. The number of esters is 1. The third-order valence-electron chi connectivity index (χ3n) is 7.43. The zero-order valence-electron chi connectivity index (χ0n) is 23.5. The Kier molecular flexibility index (Phi) is 9.63. The largest absolute Gasteiger partial charge is 0.497 e. The van der Waals surface area contributed by atoms with Crippen molar-refractivity contribution in [3.63, 3.8) is 0 Å². The molecule has 39 heavy (non-hydrogen) atoms. The van der Waals surface area contributed by atoms with Crippen molar-refractivity contribution in [2.45, 2.75) is 58.4 Å². The molecule has 3 aromatic rings. The molecule has 1 unspecified atom stereocenters. The van der Waals surface area contributed by atoms with Gasteiger partial charge in [0.1, 0.15) is 5.75 Å². The van der Waals surface area contributed by atoms with E-state index in [0.29, 0.717) is 24.6 Å². The molecule has 1 aliphatic rings. The van der Waals surface area contributed by atoms with Gasteiger partial charge in [-0.15, -0.1) is 0 Å². The first-order valence-electron chi connectivity index (χ1n) is 13.9. The molecule has 4 rings (SSSR count). The summed E-state index contributed by atoms with van der Waals surface area (Å²) in [5, 5.41) is 8.80. The molecule has 0 aliphatic heterocycles. The van der Waals surface area contributed by atoms with Crippen LogP contribution in [0.5, 0.6) is 5.75 Å². The highest BCUT2D eigenvalue weighted by atomic mass is 16.5.